The molecule has 0 aliphatic heterocycles. The summed E-state index contributed by atoms with van der Waals surface area (Å²) in [7, 11) is 0. The number of nitriles is 1. The highest BCUT2D eigenvalue weighted by molar-refractivity contribution is 5.81. The normalized spacial score (nSPS) is 10.7. The molecule has 0 aliphatic carbocycles. The van der Waals surface area contributed by atoms with Gasteiger partial charge < -0.3 is 4.90 Å². The van der Waals surface area contributed by atoms with Gasteiger partial charge in [-0.15, -0.1) is 0 Å². The number of amides is 1. The fourth-order valence-corrected chi connectivity index (χ4v) is 1.56. The minimum atomic E-state index is -0.453. The van der Waals surface area contributed by atoms with Crippen molar-refractivity contribution in [2.45, 2.75) is 27.3 Å². The van der Waals surface area contributed by atoms with Crippen molar-refractivity contribution in [1.29, 1.82) is 5.26 Å². The van der Waals surface area contributed by atoms with Crippen molar-refractivity contribution in [3.05, 3.63) is 35.9 Å². The second-order valence-electron chi connectivity index (χ2n) is 5.05. The van der Waals surface area contributed by atoms with Crippen LogP contribution in [0.25, 0.3) is 0 Å². The molecule has 0 saturated heterocycles. The molecule has 0 N–H and O–H groups in total. The van der Waals surface area contributed by atoms with Gasteiger partial charge in [0.05, 0.1) is 6.07 Å². The lowest BCUT2D eigenvalue weighted by Gasteiger charge is -2.27. The highest BCUT2D eigenvalue weighted by Crippen LogP contribution is 2.18. The Kier molecular flexibility index (Phi) is 4.28. The van der Waals surface area contributed by atoms with Crippen molar-refractivity contribution in [3.63, 3.8) is 0 Å². The Morgan fingerprint density at radius 1 is 1.29 bits per heavy atom. The van der Waals surface area contributed by atoms with Crippen LogP contribution in [0.3, 0.4) is 0 Å². The average Bonchev–Trinajstić information content (AvgIpc) is 2.28. The van der Waals surface area contributed by atoms with Gasteiger partial charge in [-0.25, -0.2) is 0 Å². The molecular weight excluding hydrogens is 212 g/mol. The maximum atomic E-state index is 12.1. The first-order valence-corrected chi connectivity index (χ1v) is 5.65. The predicted molar refractivity (Wildman–Crippen MR) is 66.9 cm³/mol. The molecule has 0 spiro atoms. The summed E-state index contributed by atoms with van der Waals surface area (Å²) in [5.74, 6) is 0.00269. The quantitative estimate of drug-likeness (QED) is 0.749. The Hall–Kier alpha value is -1.82. The monoisotopic (exact) mass is 230 g/mol. The minimum Gasteiger partial charge on any atom is -0.325 e. The summed E-state index contributed by atoms with van der Waals surface area (Å²) in [5, 5.41) is 8.79. The van der Waals surface area contributed by atoms with E-state index in [1.807, 2.05) is 57.2 Å². The summed E-state index contributed by atoms with van der Waals surface area (Å²) in [6.07, 6.45) is 0. The summed E-state index contributed by atoms with van der Waals surface area (Å²) < 4.78 is 0. The van der Waals surface area contributed by atoms with Crippen LogP contribution in [0, 0.1) is 16.7 Å². The standard InChI is InChI=1S/C14H18N2O/c1-14(2,3)13(17)16(10-9-15)11-12-7-5-4-6-8-12/h4-8H,10-11H2,1-3H3. The van der Waals surface area contributed by atoms with Crippen LogP contribution in [-0.2, 0) is 11.3 Å². The molecule has 0 bridgehead atoms. The molecule has 1 amide bonds. The van der Waals surface area contributed by atoms with Crippen LogP contribution < -0.4 is 0 Å². The Balaban J connectivity index is 2.81. The van der Waals surface area contributed by atoms with Gasteiger partial charge >= 0.3 is 0 Å². The van der Waals surface area contributed by atoms with E-state index in [-0.39, 0.29) is 12.5 Å². The largest absolute Gasteiger partial charge is 0.325 e. The van der Waals surface area contributed by atoms with Crippen molar-refractivity contribution >= 4 is 5.91 Å². The number of nitrogens with zero attached hydrogens (tertiary/aromatic N) is 2. The molecule has 17 heavy (non-hydrogen) atoms. The van der Waals surface area contributed by atoms with E-state index in [9.17, 15) is 4.79 Å². The third-order valence-electron chi connectivity index (χ3n) is 2.41. The molecule has 0 fully saturated rings. The van der Waals surface area contributed by atoms with Crippen LogP contribution >= 0.6 is 0 Å². The first-order valence-electron chi connectivity index (χ1n) is 5.65. The molecule has 1 rings (SSSR count). The Morgan fingerprint density at radius 3 is 2.35 bits per heavy atom. The zero-order chi connectivity index (χ0) is 12.9. The molecule has 0 heterocycles. The van der Waals surface area contributed by atoms with Crippen molar-refractivity contribution in [2.75, 3.05) is 6.54 Å². The average molecular weight is 230 g/mol. The van der Waals surface area contributed by atoms with Gasteiger partial charge in [-0.1, -0.05) is 51.1 Å². The Bertz CT molecular complexity index is 412. The highest BCUT2D eigenvalue weighted by atomic mass is 16.2. The molecule has 1 aromatic carbocycles. The van der Waals surface area contributed by atoms with E-state index < -0.39 is 5.41 Å². The summed E-state index contributed by atoms with van der Waals surface area (Å²) in [5.41, 5.74) is 0.589. The van der Waals surface area contributed by atoms with E-state index in [0.29, 0.717) is 6.54 Å². The van der Waals surface area contributed by atoms with E-state index in [1.54, 1.807) is 4.90 Å². The lowest BCUT2D eigenvalue weighted by Crippen LogP contribution is -2.39. The van der Waals surface area contributed by atoms with Gasteiger partial charge in [0.25, 0.3) is 0 Å². The van der Waals surface area contributed by atoms with Crippen LogP contribution in [0.2, 0.25) is 0 Å². The first-order chi connectivity index (χ1) is 7.95. The Morgan fingerprint density at radius 2 is 1.88 bits per heavy atom. The van der Waals surface area contributed by atoms with E-state index >= 15 is 0 Å². The van der Waals surface area contributed by atoms with Crippen molar-refractivity contribution in [1.82, 2.24) is 4.90 Å². The fraction of sp³-hybridized carbons (Fsp3) is 0.429. The van der Waals surface area contributed by atoms with Gasteiger partial charge in [-0.2, -0.15) is 5.26 Å². The zero-order valence-electron chi connectivity index (χ0n) is 10.6. The molecule has 0 aromatic heterocycles. The lowest BCUT2D eigenvalue weighted by atomic mass is 9.94. The number of carbonyl (C=O) groups excluding carboxylic acids is 1. The molecule has 0 aliphatic rings. The highest BCUT2D eigenvalue weighted by Gasteiger charge is 2.26. The van der Waals surface area contributed by atoms with Gasteiger partial charge in [0.15, 0.2) is 0 Å². The first kappa shape index (κ1) is 13.2. The summed E-state index contributed by atoms with van der Waals surface area (Å²) in [6.45, 7) is 6.22. The molecule has 0 unspecified atom stereocenters. The summed E-state index contributed by atoms with van der Waals surface area (Å²) >= 11 is 0. The fourth-order valence-electron chi connectivity index (χ4n) is 1.56. The second-order valence-corrected chi connectivity index (χ2v) is 5.05. The molecular formula is C14H18N2O. The predicted octanol–water partition coefficient (Wildman–Crippen LogP) is 2.58. The maximum Gasteiger partial charge on any atom is 0.229 e. The van der Waals surface area contributed by atoms with Gasteiger partial charge in [-0.3, -0.25) is 4.79 Å². The maximum absolute atomic E-state index is 12.1. The minimum absolute atomic E-state index is 0.00269. The van der Waals surface area contributed by atoms with Crippen molar-refractivity contribution in [2.24, 2.45) is 5.41 Å². The Labute approximate surface area is 103 Å². The molecule has 1 aromatic rings. The number of benzene rings is 1. The van der Waals surface area contributed by atoms with Crippen molar-refractivity contribution < 1.29 is 4.79 Å². The lowest BCUT2D eigenvalue weighted by molar-refractivity contribution is -0.139. The van der Waals surface area contributed by atoms with E-state index in [0.717, 1.165) is 5.56 Å². The molecule has 0 radical (unpaired) electrons. The van der Waals surface area contributed by atoms with E-state index in [4.69, 9.17) is 5.26 Å². The van der Waals surface area contributed by atoms with Crippen molar-refractivity contribution in [3.8, 4) is 6.07 Å². The molecule has 0 atom stereocenters. The summed E-state index contributed by atoms with van der Waals surface area (Å²) in [6, 6.07) is 11.8. The van der Waals surface area contributed by atoms with Gasteiger partial charge in [-0.05, 0) is 5.56 Å². The zero-order valence-corrected chi connectivity index (χ0v) is 10.6. The number of hydrogen-bond acceptors (Lipinski definition) is 2. The number of hydrogen-bond donors (Lipinski definition) is 0. The smallest absolute Gasteiger partial charge is 0.229 e. The third-order valence-corrected chi connectivity index (χ3v) is 2.41. The van der Waals surface area contributed by atoms with E-state index in [1.165, 1.54) is 0 Å². The van der Waals surface area contributed by atoms with Crippen LogP contribution in [0.4, 0.5) is 0 Å². The van der Waals surface area contributed by atoms with Gasteiger partial charge in [0, 0.05) is 12.0 Å². The van der Waals surface area contributed by atoms with Crippen LogP contribution in [0.15, 0.2) is 30.3 Å². The number of rotatable bonds is 3. The van der Waals surface area contributed by atoms with Crippen LogP contribution in [0.1, 0.15) is 26.3 Å². The molecule has 90 valence electrons. The van der Waals surface area contributed by atoms with Gasteiger partial charge in [0.2, 0.25) is 5.91 Å². The van der Waals surface area contributed by atoms with Gasteiger partial charge in [0.1, 0.15) is 6.54 Å². The third kappa shape index (κ3) is 3.92. The number of carbonyl (C=O) groups is 1. The topological polar surface area (TPSA) is 44.1 Å². The summed E-state index contributed by atoms with van der Waals surface area (Å²) in [4.78, 5) is 13.7. The molecule has 3 nitrogen and oxygen atoms in total. The van der Waals surface area contributed by atoms with Crippen LogP contribution in [-0.4, -0.2) is 17.4 Å². The van der Waals surface area contributed by atoms with E-state index in [2.05, 4.69) is 0 Å². The van der Waals surface area contributed by atoms with Crippen LogP contribution in [0.5, 0.6) is 0 Å². The SMILES string of the molecule is CC(C)(C)C(=O)N(CC#N)Cc1ccccc1. The molecule has 3 heteroatoms. The molecule has 0 saturated carbocycles. The second kappa shape index (κ2) is 5.49.